The van der Waals surface area contributed by atoms with Crippen LogP contribution in [-0.2, 0) is 9.59 Å². The highest BCUT2D eigenvalue weighted by Gasteiger charge is 2.38. The number of carbonyl (C=O) groups is 3. The van der Waals surface area contributed by atoms with Crippen LogP contribution >= 0.6 is 0 Å². The first-order valence-corrected chi connectivity index (χ1v) is 4.65. The standard InChI is InChI=1S/C8H13N3O5/c9-6(13)2-10-8(16)11-3-4(12)1-5(11)7(14)15/h4-5,12H,1-3H2,(H2,9,13)(H,10,16)(H,14,15)/t4-,5-/m1/s1. The van der Waals surface area contributed by atoms with Gasteiger partial charge in [-0.05, 0) is 0 Å². The number of hydrogen-bond donors (Lipinski definition) is 4. The van der Waals surface area contributed by atoms with Crippen molar-refractivity contribution in [1.29, 1.82) is 0 Å². The van der Waals surface area contributed by atoms with Gasteiger partial charge < -0.3 is 26.2 Å². The molecule has 2 atom stereocenters. The number of rotatable bonds is 3. The molecule has 5 N–H and O–H groups in total. The second-order valence-corrected chi connectivity index (χ2v) is 3.52. The van der Waals surface area contributed by atoms with Crippen molar-refractivity contribution in [2.45, 2.75) is 18.6 Å². The molecule has 1 fully saturated rings. The molecule has 0 spiro atoms. The molecule has 0 aromatic rings. The fraction of sp³-hybridized carbons (Fsp3) is 0.625. The van der Waals surface area contributed by atoms with Crippen molar-refractivity contribution in [2.75, 3.05) is 13.1 Å². The molecule has 0 saturated carbocycles. The zero-order chi connectivity index (χ0) is 12.3. The average molecular weight is 231 g/mol. The molecular formula is C8H13N3O5. The normalized spacial score (nSPS) is 24.2. The number of amides is 3. The number of primary amides is 1. The average Bonchev–Trinajstić information content (AvgIpc) is 2.56. The Labute approximate surface area is 91.0 Å². The smallest absolute Gasteiger partial charge is 0.326 e. The van der Waals surface area contributed by atoms with Crippen molar-refractivity contribution >= 4 is 17.9 Å². The van der Waals surface area contributed by atoms with Crippen molar-refractivity contribution in [2.24, 2.45) is 5.73 Å². The molecule has 0 bridgehead atoms. The van der Waals surface area contributed by atoms with Crippen LogP contribution in [0.1, 0.15) is 6.42 Å². The molecular weight excluding hydrogens is 218 g/mol. The van der Waals surface area contributed by atoms with Gasteiger partial charge in [-0.15, -0.1) is 0 Å². The van der Waals surface area contributed by atoms with Gasteiger partial charge in [0.2, 0.25) is 5.91 Å². The number of carboxylic acid groups (broad SMARTS) is 1. The number of urea groups is 1. The Hall–Kier alpha value is -1.83. The summed E-state index contributed by atoms with van der Waals surface area (Å²) >= 11 is 0. The molecule has 8 heteroatoms. The molecule has 1 saturated heterocycles. The van der Waals surface area contributed by atoms with Crippen LogP contribution in [0, 0.1) is 0 Å². The van der Waals surface area contributed by atoms with E-state index in [0.29, 0.717) is 0 Å². The summed E-state index contributed by atoms with van der Waals surface area (Å²) in [5.41, 5.74) is 4.82. The summed E-state index contributed by atoms with van der Waals surface area (Å²) < 4.78 is 0. The molecule has 0 aromatic heterocycles. The van der Waals surface area contributed by atoms with E-state index in [1.807, 2.05) is 0 Å². The third-order valence-electron chi connectivity index (χ3n) is 2.24. The molecule has 3 amide bonds. The molecule has 1 aliphatic rings. The number of carboxylic acids is 1. The van der Waals surface area contributed by atoms with Gasteiger partial charge in [-0.1, -0.05) is 0 Å². The fourth-order valence-electron chi connectivity index (χ4n) is 1.54. The minimum Gasteiger partial charge on any atom is -0.480 e. The summed E-state index contributed by atoms with van der Waals surface area (Å²) in [7, 11) is 0. The van der Waals surface area contributed by atoms with Crippen LogP contribution in [0.3, 0.4) is 0 Å². The van der Waals surface area contributed by atoms with E-state index in [9.17, 15) is 19.5 Å². The molecule has 0 radical (unpaired) electrons. The Morgan fingerprint density at radius 3 is 2.56 bits per heavy atom. The first-order chi connectivity index (χ1) is 7.41. The van der Waals surface area contributed by atoms with E-state index in [-0.39, 0.29) is 19.5 Å². The van der Waals surface area contributed by atoms with Gasteiger partial charge in [0.15, 0.2) is 0 Å². The number of likely N-dealkylation sites (tertiary alicyclic amines) is 1. The van der Waals surface area contributed by atoms with E-state index in [2.05, 4.69) is 5.32 Å². The molecule has 0 aromatic carbocycles. The molecule has 1 heterocycles. The second kappa shape index (κ2) is 4.79. The predicted octanol–water partition coefficient (Wildman–Crippen LogP) is -2.30. The highest BCUT2D eigenvalue weighted by Crippen LogP contribution is 2.17. The number of aliphatic hydroxyl groups is 1. The number of nitrogens with one attached hydrogen (secondary N) is 1. The summed E-state index contributed by atoms with van der Waals surface area (Å²) in [5, 5.41) is 20.2. The largest absolute Gasteiger partial charge is 0.480 e. The Morgan fingerprint density at radius 1 is 1.44 bits per heavy atom. The first kappa shape index (κ1) is 12.2. The van der Waals surface area contributed by atoms with Gasteiger partial charge in [-0.25, -0.2) is 9.59 Å². The Balaban J connectivity index is 2.59. The minimum atomic E-state index is -1.19. The van der Waals surface area contributed by atoms with Crippen LogP contribution in [0.4, 0.5) is 4.79 Å². The molecule has 90 valence electrons. The highest BCUT2D eigenvalue weighted by molar-refractivity contribution is 5.86. The number of nitrogens with zero attached hydrogens (tertiary/aromatic N) is 1. The van der Waals surface area contributed by atoms with Crippen LogP contribution in [0.5, 0.6) is 0 Å². The number of hydrogen-bond acceptors (Lipinski definition) is 4. The molecule has 0 unspecified atom stereocenters. The van der Waals surface area contributed by atoms with Crippen LogP contribution in [0.25, 0.3) is 0 Å². The van der Waals surface area contributed by atoms with E-state index >= 15 is 0 Å². The maximum Gasteiger partial charge on any atom is 0.326 e. The van der Waals surface area contributed by atoms with E-state index in [1.165, 1.54) is 0 Å². The molecule has 16 heavy (non-hydrogen) atoms. The summed E-state index contributed by atoms with van der Waals surface area (Å²) in [4.78, 5) is 33.6. The van der Waals surface area contributed by atoms with Crippen molar-refractivity contribution < 1.29 is 24.6 Å². The topological polar surface area (TPSA) is 133 Å². The van der Waals surface area contributed by atoms with Gasteiger partial charge in [0.05, 0.1) is 12.6 Å². The number of aliphatic hydroxyl groups excluding tert-OH is 1. The van der Waals surface area contributed by atoms with E-state index < -0.39 is 30.1 Å². The Morgan fingerprint density at radius 2 is 2.06 bits per heavy atom. The van der Waals surface area contributed by atoms with Crippen LogP contribution in [0.2, 0.25) is 0 Å². The Kier molecular flexibility index (Phi) is 3.67. The fourth-order valence-corrected chi connectivity index (χ4v) is 1.54. The monoisotopic (exact) mass is 231 g/mol. The van der Waals surface area contributed by atoms with Gasteiger partial charge in [-0.2, -0.15) is 0 Å². The molecule has 8 nitrogen and oxygen atoms in total. The summed E-state index contributed by atoms with van der Waals surface area (Å²) in [6.45, 7) is -0.431. The molecule has 1 rings (SSSR count). The van der Waals surface area contributed by atoms with E-state index in [0.717, 1.165) is 4.90 Å². The van der Waals surface area contributed by atoms with Gasteiger partial charge in [0.25, 0.3) is 0 Å². The van der Waals surface area contributed by atoms with Gasteiger partial charge in [0.1, 0.15) is 6.04 Å². The van der Waals surface area contributed by atoms with Crippen LogP contribution in [-0.4, -0.2) is 58.3 Å². The third kappa shape index (κ3) is 2.83. The number of aliphatic carboxylic acids is 1. The zero-order valence-corrected chi connectivity index (χ0v) is 8.42. The maximum atomic E-state index is 11.4. The lowest BCUT2D eigenvalue weighted by Gasteiger charge is -2.20. The minimum absolute atomic E-state index is 0.0146. The number of carbonyl (C=O) groups excluding carboxylic acids is 2. The number of nitrogens with two attached hydrogens (primary N) is 1. The zero-order valence-electron chi connectivity index (χ0n) is 8.42. The second-order valence-electron chi connectivity index (χ2n) is 3.52. The summed E-state index contributed by atoms with van der Waals surface area (Å²) in [6.07, 6.45) is -0.875. The number of β-amino-alcohol motifs (C(OH)–C–C–N with tert-alkyl or cyclic N) is 1. The van der Waals surface area contributed by atoms with Gasteiger partial charge in [0, 0.05) is 13.0 Å². The highest BCUT2D eigenvalue weighted by atomic mass is 16.4. The van der Waals surface area contributed by atoms with Gasteiger partial charge >= 0.3 is 12.0 Å². The summed E-state index contributed by atoms with van der Waals surface area (Å²) in [5.74, 6) is -1.91. The lowest BCUT2D eigenvalue weighted by Crippen LogP contribution is -2.48. The Bertz CT molecular complexity index is 319. The first-order valence-electron chi connectivity index (χ1n) is 4.65. The van der Waals surface area contributed by atoms with Crippen molar-refractivity contribution in [1.82, 2.24) is 10.2 Å². The van der Waals surface area contributed by atoms with Crippen molar-refractivity contribution in [3.63, 3.8) is 0 Å². The van der Waals surface area contributed by atoms with Gasteiger partial charge in [-0.3, -0.25) is 4.79 Å². The van der Waals surface area contributed by atoms with Crippen LogP contribution < -0.4 is 11.1 Å². The SMILES string of the molecule is NC(=O)CNC(=O)N1C[C@H](O)C[C@@H]1C(=O)O. The molecule has 1 aliphatic heterocycles. The summed E-state index contributed by atoms with van der Waals surface area (Å²) in [6, 6.07) is -1.79. The van der Waals surface area contributed by atoms with Crippen molar-refractivity contribution in [3.05, 3.63) is 0 Å². The lowest BCUT2D eigenvalue weighted by atomic mass is 10.2. The van der Waals surface area contributed by atoms with E-state index in [1.54, 1.807) is 0 Å². The quantitative estimate of drug-likeness (QED) is 0.433. The van der Waals surface area contributed by atoms with Crippen molar-refractivity contribution in [3.8, 4) is 0 Å². The predicted molar refractivity (Wildman–Crippen MR) is 51.3 cm³/mol. The third-order valence-corrected chi connectivity index (χ3v) is 2.24. The maximum absolute atomic E-state index is 11.4. The lowest BCUT2D eigenvalue weighted by molar-refractivity contribution is -0.141. The van der Waals surface area contributed by atoms with Crippen LogP contribution in [0.15, 0.2) is 0 Å². The van der Waals surface area contributed by atoms with E-state index in [4.69, 9.17) is 10.8 Å². The molecule has 0 aliphatic carbocycles.